The molecule has 4 rings (SSSR count). The van der Waals surface area contributed by atoms with Crippen LogP contribution in [0, 0.1) is 6.92 Å². The van der Waals surface area contributed by atoms with Gasteiger partial charge in [0.25, 0.3) is 0 Å². The largest absolute Gasteiger partial charge is 0.396 e. The van der Waals surface area contributed by atoms with Gasteiger partial charge in [-0.15, -0.1) is 0 Å². The van der Waals surface area contributed by atoms with Gasteiger partial charge in [0.05, 0.1) is 30.2 Å². The summed E-state index contributed by atoms with van der Waals surface area (Å²) in [5.74, 6) is 0.346. The van der Waals surface area contributed by atoms with E-state index in [9.17, 15) is 4.79 Å². The third-order valence-electron chi connectivity index (χ3n) is 4.63. The first-order chi connectivity index (χ1) is 12.5. The molecule has 0 saturated carbocycles. The predicted octanol–water partition coefficient (Wildman–Crippen LogP) is 2.32. The number of rotatable bonds is 2. The quantitative estimate of drug-likeness (QED) is 0.739. The molecule has 3 aromatic heterocycles. The predicted molar refractivity (Wildman–Crippen MR) is 98.1 cm³/mol. The number of carbonyl (C=O) groups excluding carboxylic acids is 1. The van der Waals surface area contributed by atoms with Crippen LogP contribution in [0.1, 0.15) is 17.0 Å². The number of nitrogens with two attached hydrogens (primary N) is 1. The number of hydrogen-bond donors (Lipinski definition) is 2. The first kappa shape index (κ1) is 16.1. The van der Waals surface area contributed by atoms with Gasteiger partial charge in [0.2, 0.25) is 0 Å². The zero-order chi connectivity index (χ0) is 18.3. The van der Waals surface area contributed by atoms with Crippen LogP contribution in [0.2, 0.25) is 0 Å². The van der Waals surface area contributed by atoms with E-state index in [2.05, 4.69) is 20.4 Å². The molecule has 4 heterocycles. The second-order valence-electron chi connectivity index (χ2n) is 6.30. The minimum Gasteiger partial charge on any atom is -0.396 e. The molecule has 8 heteroatoms. The Morgan fingerprint density at radius 2 is 2.12 bits per heavy atom. The van der Waals surface area contributed by atoms with Gasteiger partial charge in [-0.1, -0.05) is 0 Å². The number of amides is 2. The lowest BCUT2D eigenvalue weighted by molar-refractivity contribution is 0.211. The number of aromatic nitrogens is 4. The summed E-state index contributed by atoms with van der Waals surface area (Å²) in [4.78, 5) is 22.9. The third-order valence-corrected chi connectivity index (χ3v) is 4.63. The Labute approximate surface area is 150 Å². The molecular weight excluding hydrogens is 330 g/mol. The van der Waals surface area contributed by atoms with Crippen LogP contribution in [0.5, 0.6) is 0 Å². The Bertz CT molecular complexity index is 981. The summed E-state index contributed by atoms with van der Waals surface area (Å²) in [5.41, 5.74) is 11.1. The standard InChI is InChI=1S/C18H19N7O/c1-11-13-9-25(10-16(13)23-24(11)2)18(26)22-17-14(19)5-6-15(21-17)12-4-3-7-20-8-12/h3-8H,9-10,19H2,1-2H3,(H,21,22,26). The number of nitrogen functional groups attached to an aromatic ring is 1. The normalized spacial score (nSPS) is 12.9. The number of nitrogens with one attached hydrogen (secondary N) is 1. The summed E-state index contributed by atoms with van der Waals surface area (Å²) in [6, 6.07) is 7.04. The van der Waals surface area contributed by atoms with Crippen molar-refractivity contribution in [2.75, 3.05) is 11.1 Å². The third kappa shape index (κ3) is 2.75. The highest BCUT2D eigenvalue weighted by Gasteiger charge is 2.28. The molecule has 0 saturated heterocycles. The van der Waals surface area contributed by atoms with Crippen LogP contribution in [-0.2, 0) is 20.1 Å². The van der Waals surface area contributed by atoms with Crippen LogP contribution in [0.3, 0.4) is 0 Å². The monoisotopic (exact) mass is 349 g/mol. The molecule has 0 atom stereocenters. The van der Waals surface area contributed by atoms with Crippen molar-refractivity contribution in [3.63, 3.8) is 0 Å². The molecule has 0 aromatic carbocycles. The van der Waals surface area contributed by atoms with E-state index in [1.54, 1.807) is 29.4 Å². The van der Waals surface area contributed by atoms with Gasteiger partial charge in [0.15, 0.2) is 5.82 Å². The Kier molecular flexibility index (Phi) is 3.80. The fourth-order valence-electron chi connectivity index (χ4n) is 3.05. The fourth-order valence-corrected chi connectivity index (χ4v) is 3.05. The van der Waals surface area contributed by atoms with Crippen LogP contribution in [-0.4, -0.2) is 30.7 Å². The van der Waals surface area contributed by atoms with Crippen LogP contribution in [0.25, 0.3) is 11.3 Å². The van der Waals surface area contributed by atoms with Crippen molar-refractivity contribution >= 4 is 17.5 Å². The number of hydrogen-bond acceptors (Lipinski definition) is 5. The summed E-state index contributed by atoms with van der Waals surface area (Å²) in [6.07, 6.45) is 3.42. The summed E-state index contributed by atoms with van der Waals surface area (Å²) in [5, 5.41) is 7.27. The number of fused-ring (bicyclic) bond motifs is 1. The Balaban J connectivity index is 1.53. The van der Waals surface area contributed by atoms with Crippen molar-refractivity contribution in [1.29, 1.82) is 0 Å². The number of anilines is 2. The topological polar surface area (TPSA) is 102 Å². The van der Waals surface area contributed by atoms with Crippen LogP contribution in [0.4, 0.5) is 16.3 Å². The Morgan fingerprint density at radius 3 is 2.85 bits per heavy atom. The van der Waals surface area contributed by atoms with Gasteiger partial charge in [-0.3, -0.25) is 15.0 Å². The smallest absolute Gasteiger partial charge is 0.323 e. The van der Waals surface area contributed by atoms with Crippen molar-refractivity contribution in [1.82, 2.24) is 24.6 Å². The minimum atomic E-state index is -0.243. The van der Waals surface area contributed by atoms with Crippen LogP contribution < -0.4 is 11.1 Å². The minimum absolute atomic E-state index is 0.243. The molecule has 1 aliphatic heterocycles. The SMILES string of the molecule is Cc1c2c(nn1C)CN(C(=O)Nc1nc(-c3cccnc3)ccc1N)C2. The van der Waals surface area contributed by atoms with E-state index >= 15 is 0 Å². The first-order valence-corrected chi connectivity index (χ1v) is 8.27. The average molecular weight is 349 g/mol. The number of pyridine rings is 2. The maximum absolute atomic E-state index is 12.6. The van der Waals surface area contributed by atoms with Gasteiger partial charge in [0, 0.05) is 36.3 Å². The lowest BCUT2D eigenvalue weighted by Crippen LogP contribution is -2.31. The molecule has 1 aliphatic rings. The molecule has 0 unspecified atom stereocenters. The second-order valence-corrected chi connectivity index (χ2v) is 6.30. The highest BCUT2D eigenvalue weighted by atomic mass is 16.2. The maximum atomic E-state index is 12.6. The van der Waals surface area contributed by atoms with Gasteiger partial charge in [-0.05, 0) is 31.2 Å². The molecule has 132 valence electrons. The van der Waals surface area contributed by atoms with Gasteiger partial charge < -0.3 is 10.6 Å². The molecule has 3 aromatic rings. The molecule has 2 amide bonds. The molecule has 0 radical (unpaired) electrons. The van der Waals surface area contributed by atoms with E-state index < -0.39 is 0 Å². The number of nitrogens with zero attached hydrogens (tertiary/aromatic N) is 5. The maximum Gasteiger partial charge on any atom is 0.323 e. The van der Waals surface area contributed by atoms with Crippen molar-refractivity contribution in [3.05, 3.63) is 53.6 Å². The van der Waals surface area contributed by atoms with E-state index in [0.29, 0.717) is 30.3 Å². The second kappa shape index (κ2) is 6.14. The van der Waals surface area contributed by atoms with Crippen LogP contribution in [0.15, 0.2) is 36.7 Å². The molecule has 0 spiro atoms. The lowest BCUT2D eigenvalue weighted by atomic mass is 10.2. The van der Waals surface area contributed by atoms with E-state index in [4.69, 9.17) is 5.73 Å². The molecule has 0 fully saturated rings. The highest BCUT2D eigenvalue weighted by molar-refractivity contribution is 5.92. The zero-order valence-corrected chi connectivity index (χ0v) is 14.6. The fraction of sp³-hybridized carbons (Fsp3) is 0.222. The van der Waals surface area contributed by atoms with E-state index in [-0.39, 0.29) is 6.03 Å². The average Bonchev–Trinajstić information content (AvgIpc) is 3.17. The van der Waals surface area contributed by atoms with Gasteiger partial charge >= 0.3 is 6.03 Å². The van der Waals surface area contributed by atoms with Gasteiger partial charge in [-0.25, -0.2) is 9.78 Å². The van der Waals surface area contributed by atoms with Crippen molar-refractivity contribution < 1.29 is 4.79 Å². The van der Waals surface area contributed by atoms with E-state index in [0.717, 1.165) is 22.5 Å². The summed E-state index contributed by atoms with van der Waals surface area (Å²) in [6.45, 7) is 3.01. The first-order valence-electron chi connectivity index (χ1n) is 8.27. The summed E-state index contributed by atoms with van der Waals surface area (Å²) in [7, 11) is 1.91. The molecular formula is C18H19N7O. The molecule has 8 nitrogen and oxygen atoms in total. The highest BCUT2D eigenvalue weighted by Crippen LogP contribution is 2.27. The molecule has 0 bridgehead atoms. The lowest BCUT2D eigenvalue weighted by Gasteiger charge is -2.17. The van der Waals surface area contributed by atoms with E-state index in [1.165, 1.54) is 0 Å². The Morgan fingerprint density at radius 1 is 1.27 bits per heavy atom. The summed E-state index contributed by atoms with van der Waals surface area (Å²) < 4.78 is 1.84. The van der Waals surface area contributed by atoms with Gasteiger partial charge in [0.1, 0.15) is 0 Å². The summed E-state index contributed by atoms with van der Waals surface area (Å²) >= 11 is 0. The number of urea groups is 1. The molecule has 26 heavy (non-hydrogen) atoms. The van der Waals surface area contributed by atoms with Crippen molar-refractivity contribution in [2.45, 2.75) is 20.0 Å². The van der Waals surface area contributed by atoms with Crippen LogP contribution >= 0.6 is 0 Å². The zero-order valence-electron chi connectivity index (χ0n) is 14.6. The van der Waals surface area contributed by atoms with Crippen molar-refractivity contribution in [3.8, 4) is 11.3 Å². The number of aryl methyl sites for hydroxylation is 1. The number of carbonyl (C=O) groups is 1. The molecule has 3 N–H and O–H groups in total. The molecule has 0 aliphatic carbocycles. The van der Waals surface area contributed by atoms with Gasteiger partial charge in [-0.2, -0.15) is 5.10 Å². The van der Waals surface area contributed by atoms with Crippen molar-refractivity contribution in [2.24, 2.45) is 7.05 Å². The Hall–Kier alpha value is -3.42. The van der Waals surface area contributed by atoms with E-state index in [1.807, 2.05) is 30.8 Å².